The van der Waals surface area contributed by atoms with Gasteiger partial charge in [0.25, 0.3) is 0 Å². The summed E-state index contributed by atoms with van der Waals surface area (Å²) in [6.07, 6.45) is 1.65. The first-order valence-electron chi connectivity index (χ1n) is 8.71. The van der Waals surface area contributed by atoms with E-state index in [1.54, 1.807) is 31.4 Å². The summed E-state index contributed by atoms with van der Waals surface area (Å²) >= 11 is 0. The molecule has 0 aromatic heterocycles. The van der Waals surface area contributed by atoms with Crippen LogP contribution in [0.1, 0.15) is 25.0 Å². The van der Waals surface area contributed by atoms with Gasteiger partial charge in [-0.2, -0.15) is 0 Å². The highest BCUT2D eigenvalue weighted by Gasteiger charge is 2.25. The maximum absolute atomic E-state index is 12.2. The number of ether oxygens (including phenoxy) is 4. The first-order chi connectivity index (χ1) is 13.2. The number of esters is 1. The Bertz CT molecular complexity index is 901. The van der Waals surface area contributed by atoms with Gasteiger partial charge in [0.1, 0.15) is 5.75 Å². The first kappa shape index (κ1) is 18.5. The quantitative estimate of drug-likeness (QED) is 0.549. The Morgan fingerprint density at radius 1 is 1.00 bits per heavy atom. The Balaban J connectivity index is 1.94. The largest absolute Gasteiger partial charge is 0.496 e. The van der Waals surface area contributed by atoms with E-state index in [0.29, 0.717) is 36.0 Å². The van der Waals surface area contributed by atoms with Crippen molar-refractivity contribution in [2.24, 2.45) is 4.99 Å². The predicted octanol–water partition coefficient (Wildman–Crippen LogP) is 3.84. The van der Waals surface area contributed by atoms with Crippen LogP contribution in [-0.4, -0.2) is 32.2 Å². The molecule has 0 aliphatic carbocycles. The molecule has 0 N–H and O–H groups in total. The lowest BCUT2D eigenvalue weighted by atomic mass is 10.1. The fourth-order valence-electron chi connectivity index (χ4n) is 2.65. The number of carbonyl (C=O) groups excluding carboxylic acids is 1. The third-order valence-corrected chi connectivity index (χ3v) is 3.84. The van der Waals surface area contributed by atoms with Crippen LogP contribution in [0.2, 0.25) is 0 Å². The summed E-state index contributed by atoms with van der Waals surface area (Å²) in [6.45, 7) is 4.82. The van der Waals surface area contributed by atoms with E-state index >= 15 is 0 Å². The number of hydrogen-bond donors (Lipinski definition) is 0. The lowest BCUT2D eigenvalue weighted by molar-refractivity contribution is -0.129. The van der Waals surface area contributed by atoms with Gasteiger partial charge in [-0.1, -0.05) is 18.2 Å². The molecule has 0 fully saturated rings. The number of nitrogens with zero attached hydrogens (tertiary/aromatic N) is 1. The molecule has 0 saturated carbocycles. The molecule has 1 aliphatic heterocycles. The van der Waals surface area contributed by atoms with E-state index in [1.165, 1.54) is 0 Å². The highest BCUT2D eigenvalue weighted by atomic mass is 16.6. The van der Waals surface area contributed by atoms with Crippen LogP contribution in [0.15, 0.2) is 53.2 Å². The van der Waals surface area contributed by atoms with Crippen molar-refractivity contribution in [1.29, 1.82) is 0 Å². The van der Waals surface area contributed by atoms with Crippen molar-refractivity contribution in [3.63, 3.8) is 0 Å². The minimum Gasteiger partial charge on any atom is -0.496 e. The van der Waals surface area contributed by atoms with Crippen LogP contribution in [0.5, 0.6) is 17.2 Å². The smallest absolute Gasteiger partial charge is 0.363 e. The molecule has 140 valence electrons. The van der Waals surface area contributed by atoms with Gasteiger partial charge in [-0.25, -0.2) is 9.79 Å². The minimum absolute atomic E-state index is 0.210. The van der Waals surface area contributed by atoms with Gasteiger partial charge in [-0.05, 0) is 44.2 Å². The molecule has 0 unspecified atom stereocenters. The van der Waals surface area contributed by atoms with E-state index in [1.807, 2.05) is 38.1 Å². The van der Waals surface area contributed by atoms with Crippen molar-refractivity contribution in [1.82, 2.24) is 0 Å². The molecule has 1 aliphatic rings. The second-order valence-corrected chi connectivity index (χ2v) is 5.61. The van der Waals surface area contributed by atoms with E-state index in [4.69, 9.17) is 18.9 Å². The summed E-state index contributed by atoms with van der Waals surface area (Å²) in [5.41, 5.74) is 1.60. The number of benzene rings is 2. The Labute approximate surface area is 158 Å². The van der Waals surface area contributed by atoms with Crippen LogP contribution >= 0.6 is 0 Å². The number of cyclic esters (lactones) is 1. The zero-order valence-electron chi connectivity index (χ0n) is 15.5. The molecule has 6 nitrogen and oxygen atoms in total. The van der Waals surface area contributed by atoms with Crippen LogP contribution < -0.4 is 14.2 Å². The Morgan fingerprint density at radius 3 is 2.48 bits per heavy atom. The normalized spacial score (nSPS) is 14.7. The highest BCUT2D eigenvalue weighted by Crippen LogP contribution is 2.31. The van der Waals surface area contributed by atoms with Gasteiger partial charge in [-0.15, -0.1) is 0 Å². The lowest BCUT2D eigenvalue weighted by Crippen LogP contribution is -2.06. The maximum Gasteiger partial charge on any atom is 0.363 e. The van der Waals surface area contributed by atoms with Crippen LogP contribution in [0, 0.1) is 0 Å². The van der Waals surface area contributed by atoms with Crippen molar-refractivity contribution in [2.75, 3.05) is 20.3 Å². The number of para-hydroxylation sites is 1. The summed E-state index contributed by atoms with van der Waals surface area (Å²) in [5.74, 6) is 1.59. The van der Waals surface area contributed by atoms with Crippen LogP contribution in [0.3, 0.4) is 0 Å². The second-order valence-electron chi connectivity index (χ2n) is 5.61. The summed E-state index contributed by atoms with van der Waals surface area (Å²) in [5, 5.41) is 0. The third-order valence-electron chi connectivity index (χ3n) is 3.84. The molecule has 2 aromatic rings. The van der Waals surface area contributed by atoms with Gasteiger partial charge in [0, 0.05) is 11.1 Å². The fraction of sp³-hybridized carbons (Fsp3) is 0.238. The van der Waals surface area contributed by atoms with Gasteiger partial charge < -0.3 is 18.9 Å². The monoisotopic (exact) mass is 367 g/mol. The standard InChI is InChI=1S/C21H21NO5/c1-4-25-18-11-10-15(13-19(18)26-5-2)20-22-16(21(23)27-20)12-14-8-6-7-9-17(14)24-3/h6-13H,4-5H2,1-3H3. The molecular formula is C21H21NO5. The molecule has 1 heterocycles. The first-order valence-corrected chi connectivity index (χ1v) is 8.71. The number of rotatable bonds is 7. The van der Waals surface area contributed by atoms with Gasteiger partial charge in [-0.3, -0.25) is 0 Å². The lowest BCUT2D eigenvalue weighted by Gasteiger charge is -2.11. The van der Waals surface area contributed by atoms with Crippen molar-refractivity contribution < 1.29 is 23.7 Å². The molecule has 0 amide bonds. The van der Waals surface area contributed by atoms with E-state index in [9.17, 15) is 4.79 Å². The van der Waals surface area contributed by atoms with Crippen molar-refractivity contribution in [3.8, 4) is 17.2 Å². The average molecular weight is 367 g/mol. The zero-order valence-corrected chi connectivity index (χ0v) is 15.5. The molecule has 3 rings (SSSR count). The number of carbonyl (C=O) groups is 1. The van der Waals surface area contributed by atoms with Gasteiger partial charge in [0.05, 0.1) is 20.3 Å². The molecule has 0 spiro atoms. The second kappa shape index (κ2) is 8.40. The van der Waals surface area contributed by atoms with E-state index in [0.717, 1.165) is 5.56 Å². The Morgan fingerprint density at radius 2 is 1.74 bits per heavy atom. The van der Waals surface area contributed by atoms with Crippen LogP contribution in [-0.2, 0) is 9.53 Å². The van der Waals surface area contributed by atoms with Crippen molar-refractivity contribution in [2.45, 2.75) is 13.8 Å². The molecule has 0 saturated heterocycles. The molecule has 0 atom stereocenters. The highest BCUT2D eigenvalue weighted by molar-refractivity contribution is 6.13. The summed E-state index contributed by atoms with van der Waals surface area (Å²) < 4.78 is 21.8. The Hall–Kier alpha value is -3.28. The summed E-state index contributed by atoms with van der Waals surface area (Å²) in [7, 11) is 1.58. The molecule has 0 radical (unpaired) electrons. The van der Waals surface area contributed by atoms with Crippen molar-refractivity contribution in [3.05, 3.63) is 59.3 Å². The summed E-state index contributed by atoms with van der Waals surface area (Å²) in [4.78, 5) is 16.6. The van der Waals surface area contributed by atoms with Crippen LogP contribution in [0.25, 0.3) is 6.08 Å². The predicted molar refractivity (Wildman–Crippen MR) is 102 cm³/mol. The fourth-order valence-corrected chi connectivity index (χ4v) is 2.65. The Kier molecular flexibility index (Phi) is 5.76. The average Bonchev–Trinajstić information content (AvgIpc) is 3.04. The number of aliphatic imine (C=N–C) groups is 1. The SMILES string of the molecule is CCOc1ccc(C2=NC(=Cc3ccccc3OC)C(=O)O2)cc1OCC. The zero-order chi connectivity index (χ0) is 19.2. The van der Waals surface area contributed by atoms with E-state index < -0.39 is 5.97 Å². The van der Waals surface area contributed by atoms with Gasteiger partial charge >= 0.3 is 5.97 Å². The van der Waals surface area contributed by atoms with Crippen molar-refractivity contribution >= 4 is 17.9 Å². The summed E-state index contributed by atoms with van der Waals surface area (Å²) in [6, 6.07) is 12.7. The third kappa shape index (κ3) is 4.11. The molecular weight excluding hydrogens is 346 g/mol. The molecule has 0 bridgehead atoms. The van der Waals surface area contributed by atoms with E-state index in [2.05, 4.69) is 4.99 Å². The minimum atomic E-state index is -0.511. The molecule has 27 heavy (non-hydrogen) atoms. The van der Waals surface area contributed by atoms with Gasteiger partial charge in [0.2, 0.25) is 5.90 Å². The number of hydrogen-bond acceptors (Lipinski definition) is 6. The topological polar surface area (TPSA) is 66.4 Å². The molecule has 6 heteroatoms. The van der Waals surface area contributed by atoms with Crippen LogP contribution in [0.4, 0.5) is 0 Å². The van der Waals surface area contributed by atoms with E-state index in [-0.39, 0.29) is 11.6 Å². The number of methoxy groups -OCH3 is 1. The van der Waals surface area contributed by atoms with Gasteiger partial charge in [0.15, 0.2) is 17.2 Å². The molecule has 2 aromatic carbocycles. The maximum atomic E-state index is 12.2.